The number of carbonyl (C=O) groups is 1. The lowest BCUT2D eigenvalue weighted by Gasteiger charge is -2.19. The van der Waals surface area contributed by atoms with Gasteiger partial charge in [-0.25, -0.2) is 9.69 Å². The third-order valence-corrected chi connectivity index (χ3v) is 5.94. The number of hydrogen-bond donors (Lipinski definition) is 0. The highest BCUT2D eigenvalue weighted by Gasteiger charge is 2.36. The van der Waals surface area contributed by atoms with E-state index in [1.54, 1.807) is 10.9 Å². The molecule has 3 aromatic heterocycles. The number of thioether (sulfide) groups is 1. The minimum absolute atomic E-state index is 0.105. The van der Waals surface area contributed by atoms with Gasteiger partial charge in [-0.2, -0.15) is 5.10 Å². The average Bonchev–Trinajstić information content (AvgIpc) is 3.55. The van der Waals surface area contributed by atoms with Crippen LogP contribution in [0.4, 0.5) is 0 Å². The molecular weight excluding hydrogens is 416 g/mol. The second kappa shape index (κ2) is 8.03. The first-order valence-corrected chi connectivity index (χ1v) is 10.9. The molecule has 0 fully saturated rings. The van der Waals surface area contributed by atoms with E-state index in [9.17, 15) is 4.79 Å². The van der Waals surface area contributed by atoms with Crippen molar-refractivity contribution in [3.8, 4) is 0 Å². The average molecular weight is 436 g/mol. The topological polar surface area (TPSA) is 103 Å². The lowest BCUT2D eigenvalue weighted by molar-refractivity contribution is -0.130. The van der Waals surface area contributed by atoms with Gasteiger partial charge in [0.05, 0.1) is 18.1 Å². The van der Waals surface area contributed by atoms with E-state index >= 15 is 0 Å². The minimum Gasteiger partial charge on any atom is -0.467 e. The highest BCUT2D eigenvalue weighted by atomic mass is 32.2. The molecule has 0 spiro atoms. The molecule has 1 aromatic carbocycles. The van der Waals surface area contributed by atoms with Crippen LogP contribution >= 0.6 is 11.8 Å². The number of hydrazone groups is 1. The molecule has 0 bridgehead atoms. The molecule has 4 heterocycles. The number of amides is 1. The van der Waals surface area contributed by atoms with Gasteiger partial charge in [-0.15, -0.1) is 5.10 Å². The molecule has 0 saturated carbocycles. The smallest absolute Gasteiger partial charge is 0.253 e. The molecule has 31 heavy (non-hydrogen) atoms. The molecule has 1 amide bonds. The zero-order chi connectivity index (χ0) is 21.4. The van der Waals surface area contributed by atoms with Crippen molar-refractivity contribution in [3.63, 3.8) is 0 Å². The summed E-state index contributed by atoms with van der Waals surface area (Å²) in [7, 11) is 0. The minimum atomic E-state index is -0.326. The van der Waals surface area contributed by atoms with Crippen molar-refractivity contribution < 1.29 is 13.6 Å². The number of hydrogen-bond acceptors (Lipinski definition) is 8. The Bertz CT molecular complexity index is 1210. The van der Waals surface area contributed by atoms with E-state index in [2.05, 4.69) is 20.6 Å². The predicted molar refractivity (Wildman–Crippen MR) is 115 cm³/mol. The molecule has 1 atom stereocenters. The van der Waals surface area contributed by atoms with Gasteiger partial charge in [-0.1, -0.05) is 30.0 Å². The molecular formula is C21H20N6O3S. The van der Waals surface area contributed by atoms with E-state index in [1.807, 2.05) is 56.3 Å². The van der Waals surface area contributed by atoms with Gasteiger partial charge in [-0.05, 0) is 48.5 Å². The highest BCUT2D eigenvalue weighted by Crippen LogP contribution is 2.35. The third-order valence-electron chi connectivity index (χ3n) is 5.02. The van der Waals surface area contributed by atoms with Crippen molar-refractivity contribution in [1.29, 1.82) is 0 Å². The van der Waals surface area contributed by atoms with Gasteiger partial charge in [0, 0.05) is 11.8 Å². The Morgan fingerprint density at radius 3 is 2.90 bits per heavy atom. The number of para-hydroxylation sites is 1. The van der Waals surface area contributed by atoms with Crippen molar-refractivity contribution in [2.45, 2.75) is 37.5 Å². The lowest BCUT2D eigenvalue weighted by Crippen LogP contribution is -2.28. The van der Waals surface area contributed by atoms with Crippen LogP contribution in [0.3, 0.4) is 0 Å². The highest BCUT2D eigenvalue weighted by molar-refractivity contribution is 7.99. The Hall–Kier alpha value is -3.40. The van der Waals surface area contributed by atoms with Crippen LogP contribution < -0.4 is 0 Å². The fourth-order valence-corrected chi connectivity index (χ4v) is 4.37. The summed E-state index contributed by atoms with van der Waals surface area (Å²) in [6, 6.07) is 13.2. The summed E-state index contributed by atoms with van der Waals surface area (Å²) in [5.74, 6) is 1.34. The summed E-state index contributed by atoms with van der Waals surface area (Å²) in [6.07, 6.45) is 2.11. The number of tetrazole rings is 1. The van der Waals surface area contributed by atoms with Crippen LogP contribution in [0.5, 0.6) is 0 Å². The van der Waals surface area contributed by atoms with Crippen molar-refractivity contribution in [2.75, 3.05) is 5.75 Å². The maximum Gasteiger partial charge on any atom is 0.253 e. The Morgan fingerprint density at radius 2 is 2.13 bits per heavy atom. The molecule has 158 valence electrons. The molecule has 4 aromatic rings. The van der Waals surface area contributed by atoms with E-state index in [4.69, 9.17) is 8.83 Å². The quantitative estimate of drug-likeness (QED) is 0.420. The van der Waals surface area contributed by atoms with E-state index in [0.717, 1.165) is 11.0 Å². The number of carbonyl (C=O) groups excluding carboxylic acids is 1. The normalized spacial score (nSPS) is 16.4. The van der Waals surface area contributed by atoms with Crippen molar-refractivity contribution in [2.24, 2.45) is 5.10 Å². The lowest BCUT2D eigenvalue weighted by atomic mass is 10.1. The largest absolute Gasteiger partial charge is 0.467 e. The van der Waals surface area contributed by atoms with E-state index < -0.39 is 0 Å². The Kier molecular flexibility index (Phi) is 5.06. The molecule has 1 aliphatic heterocycles. The molecule has 0 N–H and O–H groups in total. The van der Waals surface area contributed by atoms with Crippen LogP contribution in [0.1, 0.15) is 43.9 Å². The first kappa shape index (κ1) is 19.6. The Labute approximate surface area is 182 Å². The zero-order valence-corrected chi connectivity index (χ0v) is 17.8. The van der Waals surface area contributed by atoms with Gasteiger partial charge in [0.1, 0.15) is 23.1 Å². The summed E-state index contributed by atoms with van der Waals surface area (Å²) in [5, 5.41) is 19.4. The summed E-state index contributed by atoms with van der Waals surface area (Å²) >= 11 is 1.29. The molecule has 5 rings (SSSR count). The van der Waals surface area contributed by atoms with Gasteiger partial charge in [-0.3, -0.25) is 4.79 Å². The molecule has 0 saturated heterocycles. The van der Waals surface area contributed by atoms with Crippen LogP contribution in [0.15, 0.2) is 67.8 Å². The van der Waals surface area contributed by atoms with Gasteiger partial charge >= 0.3 is 0 Å². The van der Waals surface area contributed by atoms with Gasteiger partial charge in [0.2, 0.25) is 5.16 Å². The Morgan fingerprint density at radius 1 is 1.26 bits per heavy atom. The van der Waals surface area contributed by atoms with Crippen molar-refractivity contribution >= 4 is 34.3 Å². The molecule has 0 unspecified atom stereocenters. The fourth-order valence-electron chi connectivity index (χ4n) is 3.51. The third kappa shape index (κ3) is 3.74. The molecule has 0 aliphatic carbocycles. The monoisotopic (exact) mass is 436 g/mol. The number of fused-ring (bicyclic) bond motifs is 1. The van der Waals surface area contributed by atoms with Gasteiger partial charge in [0.15, 0.2) is 5.76 Å². The number of furan rings is 2. The first-order chi connectivity index (χ1) is 15.1. The van der Waals surface area contributed by atoms with E-state index in [0.29, 0.717) is 28.8 Å². The van der Waals surface area contributed by atoms with Gasteiger partial charge < -0.3 is 8.83 Å². The number of rotatable bonds is 6. The van der Waals surface area contributed by atoms with Crippen molar-refractivity contribution in [1.82, 2.24) is 25.2 Å². The SMILES string of the molecule is CC(C)n1nnnc1SCC(=O)N1N=C(c2cc3ccccc3o2)C[C@H]1c1ccco1. The van der Waals surface area contributed by atoms with Crippen LogP contribution in [0.2, 0.25) is 0 Å². The number of benzene rings is 1. The Balaban J connectivity index is 1.40. The molecule has 0 radical (unpaired) electrons. The summed E-state index contributed by atoms with van der Waals surface area (Å²) in [4.78, 5) is 13.1. The number of aromatic nitrogens is 4. The second-order valence-electron chi connectivity index (χ2n) is 7.46. The van der Waals surface area contributed by atoms with Gasteiger partial charge in [0.25, 0.3) is 5.91 Å². The summed E-state index contributed by atoms with van der Waals surface area (Å²) in [6.45, 7) is 3.97. The second-order valence-corrected chi connectivity index (χ2v) is 8.40. The van der Waals surface area contributed by atoms with E-state index in [-0.39, 0.29) is 23.7 Å². The standard InChI is InChI=1S/C21H20N6O3S/c1-13(2)26-21(22-24-25-26)31-12-20(28)27-16(18-8-5-9-29-18)11-15(23-27)19-10-14-6-3-4-7-17(14)30-19/h3-10,13,16H,11-12H2,1-2H3/t16-/m0/s1. The molecule has 1 aliphatic rings. The van der Waals surface area contributed by atoms with Crippen LogP contribution in [0, 0.1) is 0 Å². The van der Waals surface area contributed by atoms with Crippen LogP contribution in [-0.2, 0) is 4.79 Å². The maximum atomic E-state index is 13.1. The van der Waals surface area contributed by atoms with Crippen LogP contribution in [0.25, 0.3) is 11.0 Å². The zero-order valence-electron chi connectivity index (χ0n) is 17.0. The molecule has 10 heteroatoms. The number of nitrogens with zero attached hydrogens (tertiary/aromatic N) is 6. The van der Waals surface area contributed by atoms with Crippen molar-refractivity contribution in [3.05, 3.63) is 60.2 Å². The first-order valence-electron chi connectivity index (χ1n) is 9.92. The fraction of sp³-hybridized carbons (Fsp3) is 0.286. The predicted octanol–water partition coefficient (Wildman–Crippen LogP) is 4.06. The van der Waals surface area contributed by atoms with Crippen LogP contribution in [-0.4, -0.2) is 42.6 Å². The van der Waals surface area contributed by atoms with E-state index in [1.165, 1.54) is 16.8 Å². The molecule has 9 nitrogen and oxygen atoms in total. The summed E-state index contributed by atoms with van der Waals surface area (Å²) in [5.41, 5.74) is 1.50. The maximum absolute atomic E-state index is 13.1. The summed E-state index contributed by atoms with van der Waals surface area (Å²) < 4.78 is 13.3.